The largest absolute Gasteiger partial charge is 0.507 e. The second-order valence-electron chi connectivity index (χ2n) is 8.46. The average molecular weight is 454 g/mol. The molecule has 2 saturated heterocycles. The average Bonchev–Trinajstić information content (AvgIpc) is 3.25. The number of hydrogen-bond acceptors (Lipinski definition) is 8. The number of piperidine rings is 1. The number of alkyl halides is 1. The molecule has 0 aliphatic carbocycles. The normalized spacial score (nSPS) is 24.0. The maximum Gasteiger partial charge on any atom is 0.216 e. The molecule has 0 amide bonds. The smallest absolute Gasteiger partial charge is 0.216 e. The van der Waals surface area contributed by atoms with Crippen LogP contribution in [0.5, 0.6) is 11.6 Å². The first-order valence-corrected chi connectivity index (χ1v) is 10.8. The molecule has 8 nitrogen and oxygen atoms in total. The van der Waals surface area contributed by atoms with Gasteiger partial charge in [0.05, 0.1) is 36.9 Å². The molecule has 1 aromatic carbocycles. The van der Waals surface area contributed by atoms with Gasteiger partial charge in [-0.15, -0.1) is 0 Å². The molecular formula is C23H24F2N6O2. The lowest BCUT2D eigenvalue weighted by Crippen LogP contribution is -2.55. The van der Waals surface area contributed by atoms with E-state index in [1.54, 1.807) is 0 Å². The molecule has 2 aliphatic rings. The van der Waals surface area contributed by atoms with Crippen LogP contribution in [0.4, 0.5) is 14.6 Å². The van der Waals surface area contributed by atoms with Gasteiger partial charge < -0.3 is 20.1 Å². The van der Waals surface area contributed by atoms with Gasteiger partial charge in [0, 0.05) is 36.3 Å². The molecule has 0 radical (unpaired) electrons. The number of hydrogen-bond donors (Lipinski definition) is 2. The van der Waals surface area contributed by atoms with Crippen LogP contribution in [0.2, 0.25) is 0 Å². The van der Waals surface area contributed by atoms with Crippen LogP contribution in [-0.2, 0) is 0 Å². The minimum Gasteiger partial charge on any atom is -0.507 e. The van der Waals surface area contributed by atoms with Gasteiger partial charge in [-0.3, -0.25) is 4.98 Å². The highest BCUT2D eigenvalue weighted by Gasteiger charge is 2.43. The van der Waals surface area contributed by atoms with E-state index in [2.05, 4.69) is 25.3 Å². The molecule has 5 rings (SSSR count). The Kier molecular flexibility index (Phi) is 5.53. The molecule has 2 aromatic heterocycles. The topological polar surface area (TPSA) is 96.3 Å². The molecular weight excluding hydrogens is 430 g/mol. The minimum atomic E-state index is -0.985. The highest BCUT2D eigenvalue weighted by atomic mass is 19.1. The van der Waals surface area contributed by atoms with Crippen molar-refractivity contribution in [2.45, 2.75) is 43.6 Å². The first-order chi connectivity index (χ1) is 15.9. The molecule has 10 heteroatoms. The van der Waals surface area contributed by atoms with Gasteiger partial charge in [0.15, 0.2) is 0 Å². The third-order valence-electron chi connectivity index (χ3n) is 6.54. The molecule has 4 atom stereocenters. The first kappa shape index (κ1) is 21.4. The number of phenols is 1. The highest BCUT2D eigenvalue weighted by Crippen LogP contribution is 2.36. The molecule has 2 fully saturated rings. The SMILES string of the molecule is COc1cc(-c2cc(O)c(-c3cnc(N(C)C4CC5CCC(N5)C4F)cn3)cc2F)ncn1. The third-order valence-corrected chi connectivity index (χ3v) is 6.54. The number of phenolic OH excluding ortho intramolecular Hbond substituents is 1. The van der Waals surface area contributed by atoms with Gasteiger partial charge in [-0.25, -0.2) is 23.7 Å². The Labute approximate surface area is 189 Å². The summed E-state index contributed by atoms with van der Waals surface area (Å²) in [5.41, 5.74) is 0.886. The lowest BCUT2D eigenvalue weighted by molar-refractivity contribution is 0.176. The quantitative estimate of drug-likeness (QED) is 0.607. The van der Waals surface area contributed by atoms with Gasteiger partial charge in [0.1, 0.15) is 29.9 Å². The van der Waals surface area contributed by atoms with Crippen LogP contribution >= 0.6 is 0 Å². The summed E-state index contributed by atoms with van der Waals surface area (Å²) in [6.45, 7) is 0. The standard InChI is InChI=1S/C23H24F2N6O2/c1-31(19-5-12-3-4-16(30-12)23(19)25)21-10-26-18(9-27-21)14-6-15(24)13(7-20(14)32)17-8-22(33-2)29-11-28-17/h6-12,16,19,23,30,32H,3-5H2,1-2H3. The van der Waals surface area contributed by atoms with Crippen LogP contribution in [0.1, 0.15) is 19.3 Å². The fourth-order valence-electron chi connectivity index (χ4n) is 4.72. The highest BCUT2D eigenvalue weighted by molar-refractivity contribution is 5.73. The fourth-order valence-corrected chi connectivity index (χ4v) is 4.72. The zero-order valence-corrected chi connectivity index (χ0v) is 18.2. The second kappa shape index (κ2) is 8.51. The molecule has 2 N–H and O–H groups in total. The van der Waals surface area contributed by atoms with E-state index in [1.807, 2.05) is 11.9 Å². The Bertz CT molecular complexity index is 1160. The summed E-state index contributed by atoms with van der Waals surface area (Å²) < 4.78 is 34.8. The summed E-state index contributed by atoms with van der Waals surface area (Å²) >= 11 is 0. The van der Waals surface area contributed by atoms with Crippen molar-refractivity contribution in [1.82, 2.24) is 25.3 Å². The van der Waals surface area contributed by atoms with Crippen molar-refractivity contribution in [2.24, 2.45) is 0 Å². The number of halogens is 2. The van der Waals surface area contributed by atoms with Gasteiger partial charge in [0.2, 0.25) is 5.88 Å². The second-order valence-corrected chi connectivity index (χ2v) is 8.46. The van der Waals surface area contributed by atoms with E-state index in [0.717, 1.165) is 12.8 Å². The number of anilines is 1. The van der Waals surface area contributed by atoms with Crippen molar-refractivity contribution in [1.29, 1.82) is 0 Å². The Morgan fingerprint density at radius 3 is 2.67 bits per heavy atom. The number of nitrogens with one attached hydrogen (secondary N) is 1. The van der Waals surface area contributed by atoms with Crippen LogP contribution < -0.4 is 15.0 Å². The lowest BCUT2D eigenvalue weighted by atomic mass is 9.96. The minimum absolute atomic E-state index is 0.107. The van der Waals surface area contributed by atoms with E-state index in [4.69, 9.17) is 4.74 Å². The maximum atomic E-state index is 14.9. The van der Waals surface area contributed by atoms with Crippen molar-refractivity contribution in [3.05, 3.63) is 42.7 Å². The number of ether oxygens (including phenoxy) is 1. The predicted octanol–water partition coefficient (Wildman–Crippen LogP) is 3.12. The molecule has 33 heavy (non-hydrogen) atoms. The van der Waals surface area contributed by atoms with Crippen LogP contribution in [0.3, 0.4) is 0 Å². The fraction of sp³-hybridized carbons (Fsp3) is 0.391. The predicted molar refractivity (Wildman–Crippen MR) is 118 cm³/mol. The summed E-state index contributed by atoms with van der Waals surface area (Å²) in [6, 6.07) is 3.89. The first-order valence-electron chi connectivity index (χ1n) is 10.8. The van der Waals surface area contributed by atoms with Gasteiger partial charge in [-0.1, -0.05) is 0 Å². The van der Waals surface area contributed by atoms with E-state index in [-0.39, 0.29) is 40.5 Å². The zero-order valence-electron chi connectivity index (χ0n) is 18.2. The van der Waals surface area contributed by atoms with E-state index in [0.29, 0.717) is 24.0 Å². The number of aromatic hydroxyl groups is 1. The summed E-state index contributed by atoms with van der Waals surface area (Å²) in [7, 11) is 3.26. The summed E-state index contributed by atoms with van der Waals surface area (Å²) in [5, 5.41) is 13.9. The van der Waals surface area contributed by atoms with Crippen molar-refractivity contribution < 1.29 is 18.6 Å². The van der Waals surface area contributed by atoms with Crippen LogP contribution in [-0.4, -0.2) is 63.5 Å². The Morgan fingerprint density at radius 1 is 1.06 bits per heavy atom. The zero-order chi connectivity index (χ0) is 23.1. The monoisotopic (exact) mass is 454 g/mol. The molecule has 172 valence electrons. The third kappa shape index (κ3) is 3.95. The van der Waals surface area contributed by atoms with Crippen molar-refractivity contribution in [2.75, 3.05) is 19.1 Å². The number of nitrogens with zero attached hydrogens (tertiary/aromatic N) is 5. The lowest BCUT2D eigenvalue weighted by Gasteiger charge is -2.38. The maximum absolute atomic E-state index is 14.9. The van der Waals surface area contributed by atoms with Gasteiger partial charge in [-0.2, -0.15) is 0 Å². The van der Waals surface area contributed by atoms with Crippen molar-refractivity contribution in [3.63, 3.8) is 0 Å². The Balaban J connectivity index is 1.39. The number of benzene rings is 1. The van der Waals surface area contributed by atoms with Crippen molar-refractivity contribution in [3.8, 4) is 34.1 Å². The number of fused-ring (bicyclic) bond motifs is 2. The molecule has 4 heterocycles. The molecule has 0 spiro atoms. The summed E-state index contributed by atoms with van der Waals surface area (Å²) in [4.78, 5) is 18.5. The summed E-state index contributed by atoms with van der Waals surface area (Å²) in [5.74, 6) is 0.0540. The molecule has 2 aliphatic heterocycles. The van der Waals surface area contributed by atoms with Crippen LogP contribution in [0, 0.1) is 5.82 Å². The van der Waals surface area contributed by atoms with Gasteiger partial charge in [0.25, 0.3) is 0 Å². The summed E-state index contributed by atoms with van der Waals surface area (Å²) in [6.07, 6.45) is 5.80. The number of rotatable bonds is 5. The van der Waals surface area contributed by atoms with Gasteiger partial charge >= 0.3 is 0 Å². The van der Waals surface area contributed by atoms with Crippen LogP contribution in [0.15, 0.2) is 36.9 Å². The van der Waals surface area contributed by atoms with Crippen LogP contribution in [0.25, 0.3) is 22.5 Å². The van der Waals surface area contributed by atoms with Gasteiger partial charge in [-0.05, 0) is 31.4 Å². The molecule has 2 bridgehead atoms. The number of aromatic nitrogens is 4. The Hall–Kier alpha value is -3.40. The Morgan fingerprint density at radius 2 is 1.91 bits per heavy atom. The van der Waals surface area contributed by atoms with E-state index in [9.17, 15) is 13.9 Å². The number of methoxy groups -OCH3 is 1. The molecule has 4 unspecified atom stereocenters. The van der Waals surface area contributed by atoms with Crippen molar-refractivity contribution >= 4 is 5.82 Å². The van der Waals surface area contributed by atoms with E-state index >= 15 is 0 Å². The molecule has 0 saturated carbocycles. The van der Waals surface area contributed by atoms with E-state index < -0.39 is 12.0 Å². The molecule has 3 aromatic rings. The van der Waals surface area contributed by atoms with E-state index in [1.165, 1.54) is 44.0 Å².